The third-order valence-electron chi connectivity index (χ3n) is 3.05. The largest absolute Gasteiger partial charge is 0.314 e. The first-order valence-electron chi connectivity index (χ1n) is 5.95. The highest BCUT2D eigenvalue weighted by molar-refractivity contribution is 9.11. The second kappa shape index (κ2) is 6.15. The molecule has 0 spiro atoms. The molecule has 1 fully saturated rings. The standard InChI is InChI=1S/C12H19BrN2S/c1-9(7-10-3-2-6-14-10)15-8-11-4-5-12(13)16-11/h4-5,9-10,14-15H,2-3,6-8H2,1H3. The fraction of sp³-hybridized carbons (Fsp3) is 0.667. The Balaban J connectivity index is 1.68. The number of hydrogen-bond acceptors (Lipinski definition) is 3. The minimum absolute atomic E-state index is 0.594. The van der Waals surface area contributed by atoms with E-state index in [1.54, 1.807) is 0 Å². The zero-order valence-corrected chi connectivity index (χ0v) is 12.0. The average Bonchev–Trinajstić information content (AvgIpc) is 2.87. The number of nitrogens with one attached hydrogen (secondary N) is 2. The predicted molar refractivity (Wildman–Crippen MR) is 74.0 cm³/mol. The molecule has 0 saturated carbocycles. The normalized spacial score (nSPS) is 22.5. The van der Waals surface area contributed by atoms with Crippen molar-refractivity contribution in [2.75, 3.05) is 6.54 Å². The lowest BCUT2D eigenvalue weighted by Gasteiger charge is -2.17. The predicted octanol–water partition coefficient (Wildman–Crippen LogP) is 3.13. The van der Waals surface area contributed by atoms with Crippen LogP contribution in [0.3, 0.4) is 0 Å². The quantitative estimate of drug-likeness (QED) is 0.873. The Morgan fingerprint density at radius 3 is 3.12 bits per heavy atom. The molecule has 2 atom stereocenters. The van der Waals surface area contributed by atoms with Crippen LogP contribution in [0.25, 0.3) is 0 Å². The molecule has 2 unspecified atom stereocenters. The summed E-state index contributed by atoms with van der Waals surface area (Å²) in [5.74, 6) is 0. The van der Waals surface area contributed by atoms with Crippen LogP contribution in [0.4, 0.5) is 0 Å². The highest BCUT2D eigenvalue weighted by Gasteiger charge is 2.16. The second-order valence-corrected chi connectivity index (χ2v) is 7.06. The molecule has 2 rings (SSSR count). The third-order valence-corrected chi connectivity index (χ3v) is 4.68. The Morgan fingerprint density at radius 2 is 2.50 bits per heavy atom. The van der Waals surface area contributed by atoms with Crippen LogP contribution in [0.15, 0.2) is 15.9 Å². The molecule has 1 aromatic rings. The lowest BCUT2D eigenvalue weighted by Crippen LogP contribution is -2.33. The Kier molecular flexibility index (Phi) is 4.82. The van der Waals surface area contributed by atoms with E-state index in [2.05, 4.69) is 45.6 Å². The van der Waals surface area contributed by atoms with E-state index in [4.69, 9.17) is 0 Å². The van der Waals surface area contributed by atoms with Crippen molar-refractivity contribution in [3.8, 4) is 0 Å². The van der Waals surface area contributed by atoms with Crippen molar-refractivity contribution in [1.29, 1.82) is 0 Å². The van der Waals surface area contributed by atoms with E-state index in [0.29, 0.717) is 6.04 Å². The van der Waals surface area contributed by atoms with Gasteiger partial charge in [-0.15, -0.1) is 11.3 Å². The van der Waals surface area contributed by atoms with E-state index < -0.39 is 0 Å². The van der Waals surface area contributed by atoms with Gasteiger partial charge in [-0.25, -0.2) is 0 Å². The zero-order valence-electron chi connectivity index (χ0n) is 9.63. The minimum atomic E-state index is 0.594. The van der Waals surface area contributed by atoms with E-state index in [-0.39, 0.29) is 0 Å². The van der Waals surface area contributed by atoms with Crippen LogP contribution < -0.4 is 10.6 Å². The topological polar surface area (TPSA) is 24.1 Å². The molecule has 0 bridgehead atoms. The number of thiophene rings is 1. The van der Waals surface area contributed by atoms with Crippen LogP contribution in [-0.4, -0.2) is 18.6 Å². The fourth-order valence-electron chi connectivity index (χ4n) is 2.19. The summed E-state index contributed by atoms with van der Waals surface area (Å²) in [4.78, 5) is 1.40. The van der Waals surface area contributed by atoms with Gasteiger partial charge in [-0.1, -0.05) is 0 Å². The molecular weight excluding hydrogens is 284 g/mol. The van der Waals surface area contributed by atoms with E-state index >= 15 is 0 Å². The molecule has 4 heteroatoms. The minimum Gasteiger partial charge on any atom is -0.314 e. The lowest BCUT2D eigenvalue weighted by atomic mass is 10.1. The average molecular weight is 303 g/mol. The smallest absolute Gasteiger partial charge is 0.0701 e. The molecule has 0 aliphatic carbocycles. The highest BCUT2D eigenvalue weighted by atomic mass is 79.9. The first-order chi connectivity index (χ1) is 7.74. The van der Waals surface area contributed by atoms with Crippen molar-refractivity contribution >= 4 is 27.3 Å². The molecule has 2 heterocycles. The van der Waals surface area contributed by atoms with Gasteiger partial charge in [0, 0.05) is 23.5 Å². The zero-order chi connectivity index (χ0) is 11.4. The van der Waals surface area contributed by atoms with Gasteiger partial charge in [-0.3, -0.25) is 0 Å². The summed E-state index contributed by atoms with van der Waals surface area (Å²) in [6, 6.07) is 5.63. The molecule has 1 aliphatic rings. The Hall–Kier alpha value is 0.1000. The molecule has 1 saturated heterocycles. The summed E-state index contributed by atoms with van der Waals surface area (Å²) in [5.41, 5.74) is 0. The number of hydrogen-bond donors (Lipinski definition) is 2. The van der Waals surface area contributed by atoms with Gasteiger partial charge in [0.15, 0.2) is 0 Å². The molecule has 0 amide bonds. The Bertz CT molecular complexity index is 321. The molecule has 16 heavy (non-hydrogen) atoms. The van der Waals surface area contributed by atoms with E-state index in [9.17, 15) is 0 Å². The molecule has 90 valence electrons. The van der Waals surface area contributed by atoms with Crippen molar-refractivity contribution in [2.45, 2.75) is 44.8 Å². The lowest BCUT2D eigenvalue weighted by molar-refractivity contribution is 0.441. The van der Waals surface area contributed by atoms with E-state index in [1.165, 1.54) is 34.5 Å². The van der Waals surface area contributed by atoms with E-state index in [1.807, 2.05) is 11.3 Å². The Labute approximate surface area is 110 Å². The van der Waals surface area contributed by atoms with Crippen molar-refractivity contribution in [3.05, 3.63) is 20.8 Å². The first-order valence-corrected chi connectivity index (χ1v) is 7.56. The van der Waals surface area contributed by atoms with Gasteiger partial charge >= 0.3 is 0 Å². The van der Waals surface area contributed by atoms with Crippen LogP contribution in [0.2, 0.25) is 0 Å². The summed E-state index contributed by atoms with van der Waals surface area (Å²) < 4.78 is 1.22. The maximum atomic E-state index is 3.59. The van der Waals surface area contributed by atoms with Crippen LogP contribution >= 0.6 is 27.3 Å². The summed E-state index contributed by atoms with van der Waals surface area (Å²) in [5, 5.41) is 7.13. The van der Waals surface area contributed by atoms with Crippen LogP contribution in [0.5, 0.6) is 0 Å². The van der Waals surface area contributed by atoms with Gasteiger partial charge in [0.2, 0.25) is 0 Å². The summed E-state index contributed by atoms with van der Waals surface area (Å²) in [6.45, 7) is 4.47. The second-order valence-electron chi connectivity index (χ2n) is 4.52. The monoisotopic (exact) mass is 302 g/mol. The third kappa shape index (κ3) is 3.84. The SMILES string of the molecule is CC(CC1CCCN1)NCc1ccc(Br)s1. The molecule has 1 aliphatic heterocycles. The summed E-state index contributed by atoms with van der Waals surface area (Å²) >= 11 is 5.30. The van der Waals surface area contributed by atoms with Crippen molar-refractivity contribution in [3.63, 3.8) is 0 Å². The number of rotatable bonds is 5. The van der Waals surface area contributed by atoms with Crippen molar-refractivity contribution < 1.29 is 0 Å². The summed E-state index contributed by atoms with van der Waals surface area (Å²) in [6.07, 6.45) is 3.93. The number of halogens is 1. The first kappa shape index (κ1) is 12.6. The highest BCUT2D eigenvalue weighted by Crippen LogP contribution is 2.22. The maximum absolute atomic E-state index is 3.59. The van der Waals surface area contributed by atoms with Gasteiger partial charge in [0.1, 0.15) is 0 Å². The van der Waals surface area contributed by atoms with Crippen molar-refractivity contribution in [2.24, 2.45) is 0 Å². The molecular formula is C12H19BrN2S. The van der Waals surface area contributed by atoms with Gasteiger partial charge in [0.05, 0.1) is 3.79 Å². The van der Waals surface area contributed by atoms with Gasteiger partial charge in [-0.2, -0.15) is 0 Å². The Morgan fingerprint density at radius 1 is 1.62 bits per heavy atom. The van der Waals surface area contributed by atoms with Crippen molar-refractivity contribution in [1.82, 2.24) is 10.6 Å². The molecule has 0 aromatic carbocycles. The van der Waals surface area contributed by atoms with Gasteiger partial charge in [-0.05, 0) is 60.8 Å². The maximum Gasteiger partial charge on any atom is 0.0701 e. The van der Waals surface area contributed by atoms with Gasteiger partial charge < -0.3 is 10.6 Å². The van der Waals surface area contributed by atoms with Crippen LogP contribution in [-0.2, 0) is 6.54 Å². The fourth-order valence-corrected chi connectivity index (χ4v) is 3.62. The van der Waals surface area contributed by atoms with Gasteiger partial charge in [0.25, 0.3) is 0 Å². The molecule has 1 aromatic heterocycles. The molecule has 2 nitrogen and oxygen atoms in total. The van der Waals surface area contributed by atoms with E-state index in [0.717, 1.165) is 12.6 Å². The van der Waals surface area contributed by atoms with Crippen LogP contribution in [0, 0.1) is 0 Å². The summed E-state index contributed by atoms with van der Waals surface area (Å²) in [7, 11) is 0. The molecule has 0 radical (unpaired) electrons. The van der Waals surface area contributed by atoms with Crippen LogP contribution in [0.1, 0.15) is 31.1 Å². The molecule has 2 N–H and O–H groups in total.